The molecule has 4 nitrogen and oxygen atoms in total. The van der Waals surface area contributed by atoms with Crippen molar-refractivity contribution in [1.29, 1.82) is 0 Å². The molecule has 2 aliphatic heterocycles. The Hall–Kier alpha value is -0.610. The first kappa shape index (κ1) is 11.9. The van der Waals surface area contributed by atoms with Crippen molar-refractivity contribution in [3.05, 3.63) is 0 Å². The number of nitrogens with one attached hydrogen (secondary N) is 1. The van der Waals surface area contributed by atoms with Gasteiger partial charge in [-0.15, -0.1) is 0 Å². The SMILES string of the molecule is CC1OC(C)C(C(=O)N(C)C2CNC2)C1C. The van der Waals surface area contributed by atoms with Gasteiger partial charge in [0.1, 0.15) is 0 Å². The molecule has 1 amide bonds. The second kappa shape index (κ2) is 4.34. The third kappa shape index (κ3) is 1.84. The standard InChI is InChI=1S/C12H22N2O2/c1-7-8(2)16-9(3)11(7)12(15)14(4)10-5-13-6-10/h7-11,13H,5-6H2,1-4H3. The van der Waals surface area contributed by atoms with Crippen LogP contribution in [-0.2, 0) is 9.53 Å². The quantitative estimate of drug-likeness (QED) is 0.744. The summed E-state index contributed by atoms with van der Waals surface area (Å²) in [5.74, 6) is 0.592. The maximum atomic E-state index is 12.4. The highest BCUT2D eigenvalue weighted by molar-refractivity contribution is 5.80. The second-order valence-corrected chi connectivity index (χ2v) is 5.19. The van der Waals surface area contributed by atoms with Crippen LogP contribution in [0.3, 0.4) is 0 Å². The molecule has 0 aromatic carbocycles. The minimum Gasteiger partial charge on any atom is -0.374 e. The van der Waals surface area contributed by atoms with Gasteiger partial charge < -0.3 is 15.0 Å². The van der Waals surface area contributed by atoms with Crippen LogP contribution < -0.4 is 5.32 Å². The molecule has 2 rings (SSSR count). The predicted octanol–water partition coefficient (Wildman–Crippen LogP) is 0.476. The van der Waals surface area contributed by atoms with E-state index in [4.69, 9.17) is 4.74 Å². The van der Waals surface area contributed by atoms with Gasteiger partial charge in [-0.3, -0.25) is 4.79 Å². The zero-order chi connectivity index (χ0) is 11.9. The maximum absolute atomic E-state index is 12.4. The topological polar surface area (TPSA) is 41.6 Å². The highest BCUT2D eigenvalue weighted by Crippen LogP contribution is 2.33. The van der Waals surface area contributed by atoms with E-state index in [1.54, 1.807) is 0 Å². The van der Waals surface area contributed by atoms with Crippen LogP contribution in [0.15, 0.2) is 0 Å². The number of hydrogen-bond donors (Lipinski definition) is 1. The Morgan fingerprint density at radius 2 is 1.88 bits per heavy atom. The molecule has 4 atom stereocenters. The minimum absolute atomic E-state index is 0.0283. The van der Waals surface area contributed by atoms with Crippen LogP contribution in [-0.4, -0.2) is 49.2 Å². The normalized spacial score (nSPS) is 39.5. The molecule has 2 fully saturated rings. The van der Waals surface area contributed by atoms with Crippen molar-refractivity contribution in [2.75, 3.05) is 20.1 Å². The number of carbonyl (C=O) groups is 1. The minimum atomic E-state index is 0.0283. The van der Waals surface area contributed by atoms with Gasteiger partial charge in [-0.2, -0.15) is 0 Å². The summed E-state index contributed by atoms with van der Waals surface area (Å²) in [4.78, 5) is 14.3. The van der Waals surface area contributed by atoms with Crippen LogP contribution in [0, 0.1) is 11.8 Å². The Morgan fingerprint density at radius 3 is 2.25 bits per heavy atom. The number of nitrogens with zero attached hydrogens (tertiary/aromatic N) is 1. The molecule has 0 spiro atoms. The van der Waals surface area contributed by atoms with Crippen LogP contribution in [0.2, 0.25) is 0 Å². The summed E-state index contributed by atoms with van der Waals surface area (Å²) in [5, 5.41) is 3.19. The lowest BCUT2D eigenvalue weighted by atomic mass is 9.88. The molecule has 2 saturated heterocycles. The molecule has 4 heteroatoms. The van der Waals surface area contributed by atoms with Crippen molar-refractivity contribution in [2.24, 2.45) is 11.8 Å². The molecule has 2 aliphatic rings. The Balaban J connectivity index is 2.02. The van der Waals surface area contributed by atoms with E-state index >= 15 is 0 Å². The van der Waals surface area contributed by atoms with Gasteiger partial charge in [-0.05, 0) is 19.8 Å². The molecule has 0 aromatic rings. The summed E-state index contributed by atoms with van der Waals surface area (Å²) in [6.07, 6.45) is 0.241. The van der Waals surface area contributed by atoms with Crippen LogP contribution in [0.4, 0.5) is 0 Å². The Labute approximate surface area is 97.3 Å². The fraction of sp³-hybridized carbons (Fsp3) is 0.917. The van der Waals surface area contributed by atoms with Gasteiger partial charge in [0.2, 0.25) is 5.91 Å². The number of rotatable bonds is 2. The van der Waals surface area contributed by atoms with Gasteiger partial charge in [0, 0.05) is 20.1 Å². The van der Waals surface area contributed by atoms with Crippen molar-refractivity contribution in [1.82, 2.24) is 10.2 Å². The highest BCUT2D eigenvalue weighted by atomic mass is 16.5. The molecule has 16 heavy (non-hydrogen) atoms. The summed E-state index contributed by atoms with van der Waals surface area (Å²) in [6.45, 7) is 8.03. The maximum Gasteiger partial charge on any atom is 0.228 e. The average Bonchev–Trinajstić information content (AvgIpc) is 2.37. The lowest BCUT2D eigenvalue weighted by Crippen LogP contribution is -2.59. The molecule has 0 aliphatic carbocycles. The van der Waals surface area contributed by atoms with Crippen molar-refractivity contribution in [3.8, 4) is 0 Å². The van der Waals surface area contributed by atoms with Gasteiger partial charge in [0.15, 0.2) is 0 Å². The van der Waals surface area contributed by atoms with E-state index in [1.165, 1.54) is 0 Å². The van der Waals surface area contributed by atoms with Crippen molar-refractivity contribution >= 4 is 5.91 Å². The van der Waals surface area contributed by atoms with Crippen LogP contribution in [0.5, 0.6) is 0 Å². The molecule has 0 bridgehead atoms. The summed E-state index contributed by atoms with van der Waals surface area (Å²) in [6, 6.07) is 0.378. The number of amides is 1. The van der Waals surface area contributed by atoms with Crippen molar-refractivity contribution in [3.63, 3.8) is 0 Å². The van der Waals surface area contributed by atoms with Crippen LogP contribution in [0.25, 0.3) is 0 Å². The predicted molar refractivity (Wildman–Crippen MR) is 62.1 cm³/mol. The number of ether oxygens (including phenoxy) is 1. The lowest BCUT2D eigenvalue weighted by molar-refractivity contribution is -0.139. The van der Waals surface area contributed by atoms with Gasteiger partial charge in [0.05, 0.1) is 24.2 Å². The molecule has 92 valence electrons. The van der Waals surface area contributed by atoms with E-state index in [-0.39, 0.29) is 24.0 Å². The molecule has 1 N–H and O–H groups in total. The van der Waals surface area contributed by atoms with Gasteiger partial charge in [-0.1, -0.05) is 6.92 Å². The second-order valence-electron chi connectivity index (χ2n) is 5.19. The summed E-state index contributed by atoms with van der Waals surface area (Å²) in [5.41, 5.74) is 0. The van der Waals surface area contributed by atoms with Gasteiger partial charge in [-0.25, -0.2) is 0 Å². The molecular weight excluding hydrogens is 204 g/mol. The zero-order valence-electron chi connectivity index (χ0n) is 10.6. The number of hydrogen-bond acceptors (Lipinski definition) is 3. The lowest BCUT2D eigenvalue weighted by Gasteiger charge is -2.37. The highest BCUT2D eigenvalue weighted by Gasteiger charge is 2.44. The van der Waals surface area contributed by atoms with Crippen molar-refractivity contribution in [2.45, 2.75) is 39.0 Å². The Kier molecular flexibility index (Phi) is 3.22. The molecule has 0 aromatic heterocycles. The molecular formula is C12H22N2O2. The first-order valence-corrected chi connectivity index (χ1v) is 6.15. The molecule has 2 heterocycles. The zero-order valence-corrected chi connectivity index (χ0v) is 10.6. The van der Waals surface area contributed by atoms with E-state index in [9.17, 15) is 4.79 Å². The fourth-order valence-corrected chi connectivity index (χ4v) is 2.65. The summed E-state index contributed by atoms with van der Waals surface area (Å²) in [7, 11) is 1.91. The van der Waals surface area contributed by atoms with Crippen LogP contribution in [0.1, 0.15) is 20.8 Å². The van der Waals surface area contributed by atoms with E-state index in [0.29, 0.717) is 12.0 Å². The van der Waals surface area contributed by atoms with E-state index in [0.717, 1.165) is 13.1 Å². The van der Waals surface area contributed by atoms with Gasteiger partial charge in [0.25, 0.3) is 0 Å². The third-order valence-corrected chi connectivity index (χ3v) is 4.18. The van der Waals surface area contributed by atoms with E-state index in [2.05, 4.69) is 19.2 Å². The third-order valence-electron chi connectivity index (χ3n) is 4.18. The fourth-order valence-electron chi connectivity index (χ4n) is 2.65. The largest absolute Gasteiger partial charge is 0.374 e. The van der Waals surface area contributed by atoms with Crippen molar-refractivity contribution < 1.29 is 9.53 Å². The summed E-state index contributed by atoms with van der Waals surface area (Å²) < 4.78 is 5.73. The molecule has 0 saturated carbocycles. The Bertz CT molecular complexity index is 278. The van der Waals surface area contributed by atoms with E-state index in [1.807, 2.05) is 18.9 Å². The molecule has 4 unspecified atom stereocenters. The number of carbonyl (C=O) groups excluding carboxylic acids is 1. The average molecular weight is 226 g/mol. The first-order chi connectivity index (χ1) is 7.52. The smallest absolute Gasteiger partial charge is 0.228 e. The first-order valence-electron chi connectivity index (χ1n) is 6.15. The van der Waals surface area contributed by atoms with E-state index < -0.39 is 0 Å². The Morgan fingerprint density at radius 1 is 1.25 bits per heavy atom. The monoisotopic (exact) mass is 226 g/mol. The van der Waals surface area contributed by atoms with Crippen LogP contribution >= 0.6 is 0 Å². The number of likely N-dealkylation sites (N-methyl/N-ethyl adjacent to an activating group) is 1. The van der Waals surface area contributed by atoms with Gasteiger partial charge >= 0.3 is 0 Å². The summed E-state index contributed by atoms with van der Waals surface area (Å²) >= 11 is 0. The molecule has 0 radical (unpaired) electrons.